The van der Waals surface area contributed by atoms with Gasteiger partial charge in [0.2, 0.25) is 11.8 Å². The number of nitrogens with one attached hydrogen (secondary N) is 2. The van der Waals surface area contributed by atoms with Crippen molar-refractivity contribution in [3.05, 3.63) is 52.9 Å². The number of carbonyl (C=O) groups excluding carboxylic acids is 2. The second kappa shape index (κ2) is 7.48. The molecule has 0 aliphatic carbocycles. The quantitative estimate of drug-likeness (QED) is 0.872. The Labute approximate surface area is 149 Å². The normalized spacial score (nSPS) is 14.2. The van der Waals surface area contributed by atoms with E-state index in [1.807, 2.05) is 4.90 Å². The number of hydrogen-bond acceptors (Lipinski definition) is 4. The summed E-state index contributed by atoms with van der Waals surface area (Å²) in [5, 5.41) is 5.62. The highest BCUT2D eigenvalue weighted by molar-refractivity contribution is 6.31. The number of amides is 2. The predicted molar refractivity (Wildman–Crippen MR) is 93.2 cm³/mol. The zero-order chi connectivity index (χ0) is 17.8. The van der Waals surface area contributed by atoms with Gasteiger partial charge in [-0.05, 0) is 24.3 Å². The van der Waals surface area contributed by atoms with E-state index in [4.69, 9.17) is 11.6 Å². The molecule has 0 bridgehead atoms. The Morgan fingerprint density at radius 2 is 2.20 bits per heavy atom. The maximum atomic E-state index is 13.7. The Hall–Kier alpha value is -2.67. The summed E-state index contributed by atoms with van der Waals surface area (Å²) in [5.41, 5.74) is 0.647. The van der Waals surface area contributed by atoms with Crippen LogP contribution in [0.1, 0.15) is 5.56 Å². The van der Waals surface area contributed by atoms with Crippen molar-refractivity contribution in [2.75, 3.05) is 29.9 Å². The summed E-state index contributed by atoms with van der Waals surface area (Å²) in [6, 6.07) is 7.71. The molecule has 1 aliphatic rings. The van der Waals surface area contributed by atoms with Crippen molar-refractivity contribution in [2.24, 2.45) is 0 Å². The van der Waals surface area contributed by atoms with Crippen LogP contribution in [-0.4, -0.2) is 36.4 Å². The van der Waals surface area contributed by atoms with Gasteiger partial charge < -0.3 is 15.5 Å². The first-order chi connectivity index (χ1) is 12.0. The van der Waals surface area contributed by atoms with Crippen molar-refractivity contribution >= 4 is 34.9 Å². The number of carbonyl (C=O) groups is 2. The monoisotopic (exact) mass is 362 g/mol. The van der Waals surface area contributed by atoms with Crippen molar-refractivity contribution in [1.82, 2.24) is 10.3 Å². The lowest BCUT2D eigenvalue weighted by molar-refractivity contribution is -0.120. The summed E-state index contributed by atoms with van der Waals surface area (Å²) in [6.45, 7) is 1.50. The number of hydrogen-bond donors (Lipinski definition) is 2. The molecule has 1 aliphatic heterocycles. The zero-order valence-electron chi connectivity index (χ0n) is 13.3. The van der Waals surface area contributed by atoms with Gasteiger partial charge in [-0.1, -0.05) is 17.7 Å². The van der Waals surface area contributed by atoms with Crippen LogP contribution in [0.25, 0.3) is 0 Å². The van der Waals surface area contributed by atoms with Crippen LogP contribution in [0.3, 0.4) is 0 Å². The van der Waals surface area contributed by atoms with Gasteiger partial charge >= 0.3 is 0 Å². The number of rotatable bonds is 4. The average Bonchev–Trinajstić information content (AvgIpc) is 2.59. The molecule has 0 radical (unpaired) electrons. The molecule has 0 atom stereocenters. The lowest BCUT2D eigenvalue weighted by Gasteiger charge is -2.27. The highest BCUT2D eigenvalue weighted by Crippen LogP contribution is 2.20. The maximum absolute atomic E-state index is 13.7. The second-order valence-corrected chi connectivity index (χ2v) is 6.01. The van der Waals surface area contributed by atoms with Crippen LogP contribution < -0.4 is 15.5 Å². The molecule has 2 amide bonds. The largest absolute Gasteiger partial charge is 0.353 e. The molecule has 1 aromatic carbocycles. The topological polar surface area (TPSA) is 74.3 Å². The standard InChI is InChI=1S/C17H16ClFN4O2/c18-13-2-1-3-14(19)12(13)8-16(24)22-11-4-5-15(21-9-11)23-7-6-20-17(25)10-23/h1-5,9H,6-8,10H2,(H,20,25)(H,22,24). The van der Waals surface area contributed by atoms with E-state index in [1.165, 1.54) is 18.3 Å². The summed E-state index contributed by atoms with van der Waals surface area (Å²) in [4.78, 5) is 29.6. The third-order valence-corrected chi connectivity index (χ3v) is 4.15. The fourth-order valence-electron chi connectivity index (χ4n) is 2.55. The predicted octanol–water partition coefficient (Wildman–Crippen LogP) is 1.99. The third kappa shape index (κ3) is 4.24. The average molecular weight is 363 g/mol. The van der Waals surface area contributed by atoms with Crippen molar-refractivity contribution in [2.45, 2.75) is 6.42 Å². The van der Waals surface area contributed by atoms with E-state index in [0.717, 1.165) is 0 Å². The van der Waals surface area contributed by atoms with Gasteiger partial charge in [-0.15, -0.1) is 0 Å². The van der Waals surface area contributed by atoms with E-state index in [0.29, 0.717) is 24.6 Å². The van der Waals surface area contributed by atoms with Gasteiger partial charge in [0.15, 0.2) is 0 Å². The minimum absolute atomic E-state index is 0.0489. The van der Waals surface area contributed by atoms with Gasteiger partial charge in [0.25, 0.3) is 0 Å². The lowest BCUT2D eigenvalue weighted by Crippen LogP contribution is -2.48. The Balaban J connectivity index is 1.63. The summed E-state index contributed by atoms with van der Waals surface area (Å²) < 4.78 is 13.7. The summed E-state index contributed by atoms with van der Waals surface area (Å²) in [7, 11) is 0. The number of piperazine rings is 1. The summed E-state index contributed by atoms with van der Waals surface area (Å²) in [5.74, 6) is -0.296. The molecule has 2 aromatic rings. The van der Waals surface area contributed by atoms with E-state index in [2.05, 4.69) is 15.6 Å². The van der Waals surface area contributed by atoms with Gasteiger partial charge in [0.05, 0.1) is 24.8 Å². The number of nitrogens with zero attached hydrogens (tertiary/aromatic N) is 2. The van der Waals surface area contributed by atoms with Gasteiger partial charge in [0.1, 0.15) is 11.6 Å². The minimum atomic E-state index is -0.514. The fourth-order valence-corrected chi connectivity index (χ4v) is 2.78. The number of benzene rings is 1. The molecule has 25 heavy (non-hydrogen) atoms. The molecule has 1 aromatic heterocycles. The first kappa shape index (κ1) is 17.2. The van der Waals surface area contributed by atoms with E-state index < -0.39 is 5.82 Å². The third-order valence-electron chi connectivity index (χ3n) is 3.79. The van der Waals surface area contributed by atoms with Crippen molar-refractivity contribution in [3.8, 4) is 0 Å². The molecule has 2 N–H and O–H groups in total. The van der Waals surface area contributed by atoms with Gasteiger partial charge in [-0.2, -0.15) is 0 Å². The molecule has 0 spiro atoms. The Morgan fingerprint density at radius 3 is 2.88 bits per heavy atom. The van der Waals surface area contributed by atoms with Crippen LogP contribution in [-0.2, 0) is 16.0 Å². The molecule has 1 saturated heterocycles. The molecule has 130 valence electrons. The number of anilines is 2. The molecular weight excluding hydrogens is 347 g/mol. The van der Waals surface area contributed by atoms with E-state index in [9.17, 15) is 14.0 Å². The van der Waals surface area contributed by atoms with Crippen molar-refractivity contribution in [1.29, 1.82) is 0 Å². The van der Waals surface area contributed by atoms with E-state index >= 15 is 0 Å². The second-order valence-electron chi connectivity index (χ2n) is 5.60. The molecule has 3 rings (SSSR count). The minimum Gasteiger partial charge on any atom is -0.353 e. The molecule has 0 unspecified atom stereocenters. The number of pyridine rings is 1. The number of aromatic nitrogens is 1. The van der Waals surface area contributed by atoms with Gasteiger partial charge in [-0.3, -0.25) is 9.59 Å². The molecule has 6 nitrogen and oxygen atoms in total. The lowest BCUT2D eigenvalue weighted by atomic mass is 10.1. The molecule has 0 saturated carbocycles. The SMILES string of the molecule is O=C1CN(c2ccc(NC(=O)Cc3c(F)cccc3Cl)cn2)CCN1. The highest BCUT2D eigenvalue weighted by atomic mass is 35.5. The maximum Gasteiger partial charge on any atom is 0.239 e. The molecular formula is C17H16ClFN4O2. The van der Waals surface area contributed by atoms with Crippen LogP contribution in [0, 0.1) is 5.82 Å². The fraction of sp³-hybridized carbons (Fsp3) is 0.235. The highest BCUT2D eigenvalue weighted by Gasteiger charge is 2.17. The first-order valence-electron chi connectivity index (χ1n) is 7.73. The Kier molecular flexibility index (Phi) is 5.14. The Bertz CT molecular complexity index is 777. The van der Waals surface area contributed by atoms with Crippen LogP contribution in [0.4, 0.5) is 15.9 Å². The van der Waals surface area contributed by atoms with Crippen LogP contribution in [0.15, 0.2) is 36.5 Å². The van der Waals surface area contributed by atoms with Crippen molar-refractivity contribution in [3.63, 3.8) is 0 Å². The number of halogens is 2. The Morgan fingerprint density at radius 1 is 1.36 bits per heavy atom. The van der Waals surface area contributed by atoms with Crippen LogP contribution in [0.5, 0.6) is 0 Å². The van der Waals surface area contributed by atoms with Gasteiger partial charge in [0, 0.05) is 23.7 Å². The molecule has 2 heterocycles. The van der Waals surface area contributed by atoms with Crippen LogP contribution >= 0.6 is 11.6 Å². The van der Waals surface area contributed by atoms with E-state index in [-0.39, 0.29) is 35.4 Å². The zero-order valence-corrected chi connectivity index (χ0v) is 14.0. The summed E-state index contributed by atoms with van der Waals surface area (Å²) >= 11 is 5.92. The summed E-state index contributed by atoms with van der Waals surface area (Å²) in [6.07, 6.45) is 1.34. The smallest absolute Gasteiger partial charge is 0.239 e. The van der Waals surface area contributed by atoms with Crippen LogP contribution in [0.2, 0.25) is 5.02 Å². The first-order valence-corrected chi connectivity index (χ1v) is 8.11. The molecule has 8 heteroatoms. The van der Waals surface area contributed by atoms with E-state index in [1.54, 1.807) is 18.2 Å². The van der Waals surface area contributed by atoms with Crippen molar-refractivity contribution < 1.29 is 14.0 Å². The van der Waals surface area contributed by atoms with Gasteiger partial charge in [-0.25, -0.2) is 9.37 Å². The molecule has 1 fully saturated rings.